The Labute approximate surface area is 64.6 Å². The molecule has 10 heavy (non-hydrogen) atoms. The molecule has 1 saturated heterocycles. The molecule has 64 valence electrons. The van der Waals surface area contributed by atoms with Crippen LogP contribution in [0.2, 0.25) is 0 Å². The number of carbonyl (C=O) groups excluding carboxylic acids is 1. The summed E-state index contributed by atoms with van der Waals surface area (Å²) in [6, 6.07) is 0. The molecule has 1 atom stereocenters. The van der Waals surface area contributed by atoms with Crippen molar-refractivity contribution >= 4 is 14.3 Å². The minimum absolute atomic E-state index is 0. The molecule has 0 aliphatic carbocycles. The van der Waals surface area contributed by atoms with Crippen LogP contribution in [0.3, 0.4) is 0 Å². The van der Waals surface area contributed by atoms with E-state index in [1.807, 2.05) is 0 Å². The molecule has 4 heteroatoms. The van der Waals surface area contributed by atoms with Crippen LogP contribution in [0.4, 0.5) is 0 Å². The minimum Gasteiger partial charge on any atom is -0.415 e. The summed E-state index contributed by atoms with van der Waals surface area (Å²) in [5.41, 5.74) is 0. The molecule has 0 amide bonds. The molecule has 3 nitrogen and oxygen atoms in total. The van der Waals surface area contributed by atoms with E-state index in [9.17, 15) is 4.79 Å². The van der Waals surface area contributed by atoms with Gasteiger partial charge in [0.1, 0.15) is 0 Å². The van der Waals surface area contributed by atoms with Crippen LogP contribution in [-0.4, -0.2) is 19.2 Å². The molecule has 1 aliphatic heterocycles. The molecule has 0 radical (unpaired) electrons. The molecular weight excluding hydrogens is 151 g/mol. The first-order chi connectivity index (χ1) is 3.29. The lowest BCUT2D eigenvalue weighted by molar-refractivity contribution is -0.131. The van der Waals surface area contributed by atoms with Crippen LogP contribution in [0.5, 0.6) is 0 Å². The molecule has 0 saturated carbocycles. The highest BCUT2D eigenvalue weighted by Gasteiger charge is 2.19. The fraction of sp³-hybridized carbons (Fsp3) is 0.833. The van der Waals surface area contributed by atoms with Gasteiger partial charge in [-0.2, -0.15) is 0 Å². The minimum atomic E-state index is -0.854. The third kappa shape index (κ3) is 4.71. The molecule has 1 aliphatic rings. The first kappa shape index (κ1) is 16.4. The summed E-state index contributed by atoms with van der Waals surface area (Å²) in [6.07, 6.45) is 0. The number of carbonyl (C=O) groups is 1. The van der Waals surface area contributed by atoms with E-state index in [-0.39, 0.29) is 34.9 Å². The lowest BCUT2D eigenvalue weighted by atomic mass is 10.8. The van der Waals surface area contributed by atoms with E-state index in [1.165, 1.54) is 0 Å². The Morgan fingerprint density at radius 2 is 1.90 bits per heavy atom. The van der Waals surface area contributed by atoms with E-state index >= 15 is 0 Å². The Balaban J connectivity index is -0.000000163. The first-order valence-electron chi connectivity index (χ1n) is 1.86. The van der Waals surface area contributed by atoms with Gasteiger partial charge >= 0.3 is 5.97 Å². The van der Waals surface area contributed by atoms with Gasteiger partial charge in [-0.25, -0.2) is 4.79 Å². The van der Waals surface area contributed by atoms with E-state index in [0.29, 0.717) is 0 Å². The average molecular weight is 168 g/mol. The van der Waals surface area contributed by atoms with E-state index in [4.69, 9.17) is 4.52 Å². The lowest BCUT2D eigenvalue weighted by Crippen LogP contribution is -1.94. The third-order valence-electron chi connectivity index (χ3n) is 0.595. The van der Waals surface area contributed by atoms with Gasteiger partial charge in [-0.05, 0) is 0 Å². The summed E-state index contributed by atoms with van der Waals surface area (Å²) in [4.78, 5) is 10.1. The summed E-state index contributed by atoms with van der Waals surface area (Å²) in [6.45, 7) is 1.89. The van der Waals surface area contributed by atoms with Crippen LogP contribution in [0.25, 0.3) is 0 Å². The molecule has 1 unspecified atom stereocenters. The van der Waals surface area contributed by atoms with Crippen molar-refractivity contribution in [2.24, 2.45) is 0 Å². The molecule has 1 fully saturated rings. The summed E-state index contributed by atoms with van der Waals surface area (Å²) >= 11 is 0. The fourth-order valence-corrected chi connectivity index (χ4v) is 1.02. The summed E-state index contributed by atoms with van der Waals surface area (Å²) < 4.78 is 9.32. The van der Waals surface area contributed by atoms with Gasteiger partial charge in [0, 0.05) is 6.66 Å². The van der Waals surface area contributed by atoms with Crippen molar-refractivity contribution in [3.63, 3.8) is 0 Å². The summed E-state index contributed by atoms with van der Waals surface area (Å²) in [7, 11) is -0.854. The van der Waals surface area contributed by atoms with Gasteiger partial charge in [-0.15, -0.1) is 0 Å². The maximum atomic E-state index is 10.1. The summed E-state index contributed by atoms with van der Waals surface area (Å²) in [5, 5.41) is 0. The SMILES string of the molecule is C.C.C.CP1OCC(=O)O1. The standard InChI is InChI=1S/C3H5O3P.3CH4/c1-7-5-2-3(4)6-7;;;/h2H2,1H3;3*1H4. The normalized spacial score (nSPS) is 21.3. The average Bonchev–Trinajstić information content (AvgIpc) is 1.87. The van der Waals surface area contributed by atoms with E-state index in [1.54, 1.807) is 6.66 Å². The Kier molecular flexibility index (Phi) is 11.5. The smallest absolute Gasteiger partial charge is 0.337 e. The zero-order chi connectivity index (χ0) is 5.28. The van der Waals surface area contributed by atoms with E-state index < -0.39 is 8.38 Å². The monoisotopic (exact) mass is 168 g/mol. The maximum Gasteiger partial charge on any atom is 0.337 e. The predicted molar refractivity (Wildman–Crippen MR) is 45.1 cm³/mol. The highest BCUT2D eigenvalue weighted by atomic mass is 31.2. The van der Waals surface area contributed by atoms with Gasteiger partial charge in [-0.1, -0.05) is 22.3 Å². The highest BCUT2D eigenvalue weighted by molar-refractivity contribution is 7.47. The molecular formula is C6H17O3P. The largest absolute Gasteiger partial charge is 0.415 e. The molecule has 1 heterocycles. The van der Waals surface area contributed by atoms with Crippen LogP contribution in [-0.2, 0) is 13.8 Å². The van der Waals surface area contributed by atoms with Gasteiger partial charge < -0.3 is 9.05 Å². The van der Waals surface area contributed by atoms with Gasteiger partial charge in [0.2, 0.25) is 8.38 Å². The molecule has 0 N–H and O–H groups in total. The van der Waals surface area contributed by atoms with E-state index in [0.717, 1.165) is 0 Å². The fourth-order valence-electron chi connectivity index (χ4n) is 0.340. The second kappa shape index (κ2) is 6.97. The van der Waals surface area contributed by atoms with Gasteiger partial charge in [0.25, 0.3) is 0 Å². The molecule has 0 aromatic carbocycles. The van der Waals surface area contributed by atoms with E-state index in [2.05, 4.69) is 4.52 Å². The molecule has 0 aromatic heterocycles. The first-order valence-corrected chi connectivity index (χ1v) is 3.49. The number of hydrogen-bond donors (Lipinski definition) is 0. The van der Waals surface area contributed by atoms with Crippen LogP contribution in [0.15, 0.2) is 0 Å². The van der Waals surface area contributed by atoms with Crippen molar-refractivity contribution in [1.82, 2.24) is 0 Å². The molecule has 1 rings (SSSR count). The molecule has 0 spiro atoms. The highest BCUT2D eigenvalue weighted by Crippen LogP contribution is 2.38. The van der Waals surface area contributed by atoms with Crippen molar-refractivity contribution in [3.8, 4) is 0 Å². The van der Waals surface area contributed by atoms with Crippen molar-refractivity contribution in [2.75, 3.05) is 13.3 Å². The zero-order valence-corrected chi connectivity index (χ0v) is 4.77. The quantitative estimate of drug-likeness (QED) is 0.521. The second-order valence-electron chi connectivity index (χ2n) is 1.18. The Bertz CT molecular complexity index is 95.0. The lowest BCUT2D eigenvalue weighted by Gasteiger charge is -1.92. The second-order valence-corrected chi connectivity index (χ2v) is 2.50. The Hall–Kier alpha value is -0.140. The van der Waals surface area contributed by atoms with Crippen molar-refractivity contribution < 1.29 is 13.8 Å². The van der Waals surface area contributed by atoms with Gasteiger partial charge in [0.15, 0.2) is 6.61 Å². The number of hydrogen-bond acceptors (Lipinski definition) is 3. The Morgan fingerprint density at radius 1 is 1.40 bits per heavy atom. The third-order valence-corrected chi connectivity index (χ3v) is 1.55. The van der Waals surface area contributed by atoms with Crippen molar-refractivity contribution in [3.05, 3.63) is 0 Å². The van der Waals surface area contributed by atoms with Crippen molar-refractivity contribution in [2.45, 2.75) is 22.3 Å². The van der Waals surface area contributed by atoms with Crippen LogP contribution in [0.1, 0.15) is 22.3 Å². The number of rotatable bonds is 0. The Morgan fingerprint density at radius 3 is 2.00 bits per heavy atom. The molecule has 0 aromatic rings. The van der Waals surface area contributed by atoms with Crippen LogP contribution >= 0.6 is 8.38 Å². The summed E-state index contributed by atoms with van der Waals surface area (Å²) in [5.74, 6) is -0.242. The van der Waals surface area contributed by atoms with Crippen LogP contribution < -0.4 is 0 Å². The van der Waals surface area contributed by atoms with Crippen LogP contribution in [0, 0.1) is 0 Å². The maximum absolute atomic E-state index is 10.1. The van der Waals surface area contributed by atoms with Gasteiger partial charge in [0.05, 0.1) is 0 Å². The topological polar surface area (TPSA) is 35.5 Å². The van der Waals surface area contributed by atoms with Gasteiger partial charge in [-0.3, -0.25) is 0 Å². The predicted octanol–water partition coefficient (Wildman–Crippen LogP) is 2.41. The zero-order valence-electron chi connectivity index (χ0n) is 3.88. The molecule has 0 bridgehead atoms. The van der Waals surface area contributed by atoms with Crippen molar-refractivity contribution in [1.29, 1.82) is 0 Å².